The van der Waals surface area contributed by atoms with Gasteiger partial charge in [-0.15, -0.1) is 0 Å². The molecule has 0 aromatic heterocycles. The van der Waals surface area contributed by atoms with Crippen molar-refractivity contribution >= 4 is 80.7 Å². The van der Waals surface area contributed by atoms with Gasteiger partial charge < -0.3 is 24.8 Å². The number of fused-ring (bicyclic) bond motifs is 8. The minimum Gasteiger partial charge on any atom is -0.508 e. The fourth-order valence-corrected chi connectivity index (χ4v) is 6.49. The molecule has 7 nitrogen and oxygen atoms in total. The topological polar surface area (TPSA) is 113 Å². The molecule has 0 radical (unpaired) electrons. The van der Waals surface area contributed by atoms with Gasteiger partial charge in [-0.3, -0.25) is 4.79 Å². The number of aliphatic carboxylic acids is 1. The molecule has 2 heterocycles. The van der Waals surface area contributed by atoms with Crippen molar-refractivity contribution in [2.24, 2.45) is 0 Å². The highest BCUT2D eigenvalue weighted by Crippen LogP contribution is 2.63. The summed E-state index contributed by atoms with van der Waals surface area (Å²) in [5.41, 5.74) is -1.20. The molecule has 198 valence electrons. The summed E-state index contributed by atoms with van der Waals surface area (Å²) in [4.78, 5) is 24.7. The first-order valence-corrected chi connectivity index (χ1v) is 13.2. The number of carboxylic acid groups (broad SMARTS) is 1. The number of ether oxygens (including phenoxy) is 2. The number of benzene rings is 4. The van der Waals surface area contributed by atoms with Crippen LogP contribution in [0.3, 0.4) is 0 Å². The molecule has 0 bridgehead atoms. The Labute approximate surface area is 244 Å². The normalized spacial score (nSPS) is 17.0. The van der Waals surface area contributed by atoms with Gasteiger partial charge in [0.05, 0.1) is 25.7 Å². The third-order valence-electron chi connectivity index (χ3n) is 6.87. The molecule has 0 aliphatic carbocycles. The molecule has 39 heavy (non-hydrogen) atoms. The average molecular weight is 627 g/mol. The number of hydrogen-bond acceptors (Lipinski definition) is 6. The Morgan fingerprint density at radius 2 is 1.56 bits per heavy atom. The van der Waals surface area contributed by atoms with E-state index in [0.29, 0.717) is 16.3 Å². The number of hydrogen-bond donors (Lipinski definition) is 3. The van der Waals surface area contributed by atoms with E-state index in [1.807, 2.05) is 0 Å². The van der Waals surface area contributed by atoms with Gasteiger partial charge in [-0.2, -0.15) is 0 Å². The second-order valence-corrected chi connectivity index (χ2v) is 10.9. The van der Waals surface area contributed by atoms with Gasteiger partial charge >= 0.3 is 11.9 Å². The second kappa shape index (κ2) is 8.98. The molecule has 12 heteroatoms. The van der Waals surface area contributed by atoms with Gasteiger partial charge in [0.25, 0.3) is 0 Å². The second-order valence-electron chi connectivity index (χ2n) is 9.00. The van der Waals surface area contributed by atoms with Crippen molar-refractivity contribution < 1.29 is 34.4 Å². The summed E-state index contributed by atoms with van der Waals surface area (Å²) in [5, 5.41) is 30.5. The lowest BCUT2D eigenvalue weighted by molar-refractivity contribution is -0.136. The lowest BCUT2D eigenvalue weighted by atomic mass is 9.76. The molecular weight excluding hydrogens is 614 g/mol. The highest BCUT2D eigenvalue weighted by atomic mass is 35.5. The fraction of sp³-hybridized carbons (Fsp3) is 0.111. The quantitative estimate of drug-likeness (QED) is 0.120. The zero-order chi connectivity index (χ0) is 28.0. The van der Waals surface area contributed by atoms with Crippen LogP contribution < -0.4 is 4.74 Å². The highest BCUT2D eigenvalue weighted by molar-refractivity contribution is 6.53. The summed E-state index contributed by atoms with van der Waals surface area (Å²) < 4.78 is 12.4. The summed E-state index contributed by atoms with van der Waals surface area (Å²) in [7, 11) is 0. The van der Waals surface area contributed by atoms with Crippen molar-refractivity contribution in [2.75, 3.05) is 0 Å². The molecule has 4 aromatic carbocycles. The van der Waals surface area contributed by atoms with E-state index < -0.39 is 23.3 Å². The minimum absolute atomic E-state index is 0.0148. The predicted octanol–water partition coefficient (Wildman–Crippen LogP) is 8.10. The van der Waals surface area contributed by atoms with Crippen LogP contribution in [-0.4, -0.2) is 27.3 Å². The standard InChI is InChI=1S/C27H13Cl5O7/c28-18-16-17(19(29)21(31)20(18)30)27(39-26(16)37)13-5-1-9-7-11(33)3-4-12(9)24(13)38-25-14(27)8-10(2-6-15(34)35)23(36)22(25)32/h1,3-5,7-8,33,36H,2,6H2,(H,34,35). The Kier molecular flexibility index (Phi) is 6.02. The molecule has 1 spiro atoms. The lowest BCUT2D eigenvalue weighted by Gasteiger charge is -2.38. The molecule has 2 aliphatic rings. The smallest absolute Gasteiger partial charge is 0.341 e. The van der Waals surface area contributed by atoms with Crippen LogP contribution in [0, 0.1) is 0 Å². The van der Waals surface area contributed by atoms with Crippen LogP contribution in [0.5, 0.6) is 23.0 Å². The van der Waals surface area contributed by atoms with Crippen LogP contribution in [0.1, 0.15) is 39.0 Å². The monoisotopic (exact) mass is 624 g/mol. The molecule has 1 atom stereocenters. The number of phenols is 2. The van der Waals surface area contributed by atoms with E-state index in [-0.39, 0.29) is 77.5 Å². The first-order chi connectivity index (χ1) is 18.5. The van der Waals surface area contributed by atoms with Crippen LogP contribution in [0.4, 0.5) is 0 Å². The third kappa shape index (κ3) is 3.58. The highest BCUT2D eigenvalue weighted by Gasteiger charge is 2.57. The van der Waals surface area contributed by atoms with Gasteiger partial charge in [0.1, 0.15) is 22.3 Å². The van der Waals surface area contributed by atoms with Gasteiger partial charge in [-0.1, -0.05) is 64.1 Å². The number of phenolic OH excluding ortho intramolecular Hbond substituents is 2. The summed E-state index contributed by atoms with van der Waals surface area (Å²) in [6.07, 6.45) is -0.406. The molecule has 0 amide bonds. The van der Waals surface area contributed by atoms with E-state index in [0.717, 1.165) is 0 Å². The SMILES string of the molecule is O=C(O)CCc1cc2c(c(Cl)c1O)Oc1c(ccc3cc(O)ccc13)C21OC(=O)c2c(Cl)c(Cl)c(Cl)c(Cl)c21. The maximum Gasteiger partial charge on any atom is 0.341 e. The molecule has 0 saturated heterocycles. The number of aromatic hydroxyl groups is 2. The molecule has 2 aliphatic heterocycles. The van der Waals surface area contributed by atoms with Crippen molar-refractivity contribution in [3.05, 3.63) is 89.3 Å². The van der Waals surface area contributed by atoms with E-state index in [9.17, 15) is 24.9 Å². The van der Waals surface area contributed by atoms with Gasteiger partial charge in [-0.05, 0) is 47.7 Å². The Balaban J connectivity index is 1.78. The zero-order valence-corrected chi connectivity index (χ0v) is 23.0. The number of halogens is 5. The Morgan fingerprint density at radius 1 is 0.846 bits per heavy atom. The maximum absolute atomic E-state index is 13.5. The van der Waals surface area contributed by atoms with Crippen molar-refractivity contribution in [2.45, 2.75) is 18.4 Å². The van der Waals surface area contributed by atoms with E-state index in [2.05, 4.69) is 0 Å². The first-order valence-electron chi connectivity index (χ1n) is 11.3. The number of rotatable bonds is 3. The number of carbonyl (C=O) groups excluding carboxylic acids is 1. The number of esters is 1. The molecule has 3 N–H and O–H groups in total. The maximum atomic E-state index is 13.5. The predicted molar refractivity (Wildman–Crippen MR) is 147 cm³/mol. The van der Waals surface area contributed by atoms with Gasteiger partial charge in [0, 0.05) is 28.5 Å². The van der Waals surface area contributed by atoms with Crippen molar-refractivity contribution in [1.82, 2.24) is 0 Å². The fourth-order valence-electron chi connectivity index (χ4n) is 5.17. The van der Waals surface area contributed by atoms with E-state index in [4.69, 9.17) is 67.5 Å². The lowest BCUT2D eigenvalue weighted by Crippen LogP contribution is -2.33. The zero-order valence-electron chi connectivity index (χ0n) is 19.2. The van der Waals surface area contributed by atoms with Gasteiger partial charge in [-0.25, -0.2) is 4.79 Å². The molecule has 0 fully saturated rings. The number of carboxylic acids is 1. The number of aryl methyl sites for hydroxylation is 1. The first kappa shape index (κ1) is 26.2. The van der Waals surface area contributed by atoms with Crippen LogP contribution in [0.2, 0.25) is 25.1 Å². The van der Waals surface area contributed by atoms with Crippen molar-refractivity contribution in [3.8, 4) is 23.0 Å². The van der Waals surface area contributed by atoms with Crippen LogP contribution in [-0.2, 0) is 21.6 Å². The summed E-state index contributed by atoms with van der Waals surface area (Å²) in [6, 6.07) is 9.36. The van der Waals surface area contributed by atoms with E-state index in [1.165, 1.54) is 18.2 Å². The van der Waals surface area contributed by atoms with Crippen LogP contribution in [0.25, 0.3) is 10.8 Å². The summed E-state index contributed by atoms with van der Waals surface area (Å²) >= 11 is 32.6. The number of carbonyl (C=O) groups is 2. The van der Waals surface area contributed by atoms with Crippen LogP contribution >= 0.6 is 58.0 Å². The average Bonchev–Trinajstić information content (AvgIpc) is 3.20. The molecule has 4 aromatic rings. The Morgan fingerprint density at radius 3 is 2.28 bits per heavy atom. The van der Waals surface area contributed by atoms with E-state index in [1.54, 1.807) is 18.2 Å². The summed E-state index contributed by atoms with van der Waals surface area (Å²) in [6.45, 7) is 0. The van der Waals surface area contributed by atoms with E-state index >= 15 is 0 Å². The molecular formula is C27H13Cl5O7. The minimum atomic E-state index is -1.83. The molecule has 0 saturated carbocycles. The molecule has 1 unspecified atom stereocenters. The molecule has 6 rings (SSSR count). The third-order valence-corrected chi connectivity index (χ3v) is 9.02. The van der Waals surface area contributed by atoms with Gasteiger partial charge in [0.2, 0.25) is 0 Å². The summed E-state index contributed by atoms with van der Waals surface area (Å²) in [5.74, 6) is -2.17. The largest absolute Gasteiger partial charge is 0.508 e. The van der Waals surface area contributed by atoms with Crippen molar-refractivity contribution in [3.63, 3.8) is 0 Å². The van der Waals surface area contributed by atoms with Crippen LogP contribution in [0.15, 0.2) is 36.4 Å². The van der Waals surface area contributed by atoms with Gasteiger partial charge in [0.15, 0.2) is 11.4 Å². The Bertz CT molecular complexity index is 1800. The van der Waals surface area contributed by atoms with Crippen molar-refractivity contribution in [1.29, 1.82) is 0 Å². The Hall–Kier alpha value is -3.07.